The molecule has 0 saturated carbocycles. The molecule has 2 aromatic carbocycles. The highest BCUT2D eigenvalue weighted by atomic mass is 16.2. The normalized spacial score (nSPS) is 10.8. The Hall–Kier alpha value is -3.15. The summed E-state index contributed by atoms with van der Waals surface area (Å²) in [5.41, 5.74) is 3.40. The molecule has 0 aliphatic carbocycles. The number of hydrogen-bond donors (Lipinski definition) is 2. The number of nitrogens with one attached hydrogen (secondary N) is 2. The highest BCUT2D eigenvalue weighted by Gasteiger charge is 2.16. The van der Waals surface area contributed by atoms with Crippen LogP contribution in [0.25, 0.3) is 10.9 Å². The van der Waals surface area contributed by atoms with Crippen LogP contribution >= 0.6 is 0 Å². The molecule has 1 heterocycles. The van der Waals surface area contributed by atoms with Gasteiger partial charge in [-0.25, -0.2) is 9.78 Å². The molecule has 27 heavy (non-hydrogen) atoms. The monoisotopic (exact) mass is 364 g/mol. The van der Waals surface area contributed by atoms with Crippen LogP contribution in [-0.2, 0) is 13.0 Å². The van der Waals surface area contributed by atoms with Gasteiger partial charge in [0.2, 0.25) is 0 Å². The molecule has 0 bridgehead atoms. The molecular formula is C21H24N4O2. The van der Waals surface area contributed by atoms with Crippen LogP contribution in [0.1, 0.15) is 30.8 Å². The number of aromatic amines is 1. The molecule has 2 N–H and O–H groups in total. The predicted molar refractivity (Wildman–Crippen MR) is 108 cm³/mol. The summed E-state index contributed by atoms with van der Waals surface area (Å²) >= 11 is 0. The number of benzene rings is 2. The second-order valence-corrected chi connectivity index (χ2v) is 6.44. The highest BCUT2D eigenvalue weighted by Crippen LogP contribution is 2.21. The minimum atomic E-state index is -0.211. The van der Waals surface area contributed by atoms with Gasteiger partial charge in [0.15, 0.2) is 0 Å². The summed E-state index contributed by atoms with van der Waals surface area (Å²) in [7, 11) is 0. The Morgan fingerprint density at radius 2 is 1.93 bits per heavy atom. The Labute approximate surface area is 158 Å². The molecule has 2 amide bonds. The van der Waals surface area contributed by atoms with Crippen molar-refractivity contribution in [3.63, 3.8) is 0 Å². The number of aromatic nitrogens is 2. The zero-order valence-corrected chi connectivity index (χ0v) is 15.9. The Morgan fingerprint density at radius 3 is 2.67 bits per heavy atom. The van der Waals surface area contributed by atoms with Gasteiger partial charge >= 0.3 is 6.03 Å². The van der Waals surface area contributed by atoms with E-state index in [0.717, 1.165) is 23.2 Å². The number of para-hydroxylation sites is 2. The molecule has 3 rings (SSSR count). The van der Waals surface area contributed by atoms with E-state index < -0.39 is 0 Å². The summed E-state index contributed by atoms with van der Waals surface area (Å²) in [5.74, 6) is 0.469. The van der Waals surface area contributed by atoms with Gasteiger partial charge in [-0.05, 0) is 43.5 Å². The Morgan fingerprint density at radius 1 is 1.15 bits per heavy atom. The molecule has 3 aromatic rings. The van der Waals surface area contributed by atoms with Crippen LogP contribution in [-0.4, -0.2) is 27.4 Å². The second kappa shape index (κ2) is 8.03. The summed E-state index contributed by atoms with van der Waals surface area (Å²) in [4.78, 5) is 33.9. The minimum absolute atomic E-state index is 0.195. The van der Waals surface area contributed by atoms with Crippen molar-refractivity contribution in [2.75, 3.05) is 11.9 Å². The largest absolute Gasteiger partial charge is 0.322 e. The zero-order valence-electron chi connectivity index (χ0n) is 15.9. The molecule has 0 radical (unpaired) electrons. The van der Waals surface area contributed by atoms with Crippen molar-refractivity contribution in [2.45, 2.75) is 33.7 Å². The van der Waals surface area contributed by atoms with Crippen molar-refractivity contribution in [2.24, 2.45) is 0 Å². The predicted octanol–water partition coefficient (Wildman–Crippen LogP) is 3.85. The van der Waals surface area contributed by atoms with Crippen molar-refractivity contribution in [1.82, 2.24) is 14.9 Å². The molecule has 0 saturated heterocycles. The van der Waals surface area contributed by atoms with Crippen LogP contribution in [0.5, 0.6) is 0 Å². The van der Waals surface area contributed by atoms with Gasteiger partial charge in [-0.1, -0.05) is 37.3 Å². The third kappa shape index (κ3) is 4.00. The van der Waals surface area contributed by atoms with E-state index in [2.05, 4.69) is 22.2 Å². The van der Waals surface area contributed by atoms with E-state index in [1.807, 2.05) is 38.1 Å². The average molecular weight is 364 g/mol. The molecule has 0 spiro atoms. The van der Waals surface area contributed by atoms with Crippen LogP contribution in [0.3, 0.4) is 0 Å². The fourth-order valence-corrected chi connectivity index (χ4v) is 3.11. The lowest BCUT2D eigenvalue weighted by molar-refractivity contribution is 0.210. The minimum Gasteiger partial charge on any atom is -0.317 e. The molecule has 6 nitrogen and oxygen atoms in total. The number of nitrogens with zero attached hydrogens (tertiary/aromatic N) is 2. The maximum Gasteiger partial charge on any atom is 0.322 e. The number of amides is 2. The van der Waals surface area contributed by atoms with Crippen LogP contribution in [0, 0.1) is 6.92 Å². The van der Waals surface area contributed by atoms with Gasteiger partial charge in [-0.2, -0.15) is 0 Å². The summed E-state index contributed by atoms with van der Waals surface area (Å²) in [6.07, 6.45) is 0.836. The number of rotatable bonds is 5. The first kappa shape index (κ1) is 18.6. The molecule has 0 fully saturated rings. The number of carbonyl (C=O) groups excluding carboxylic acids is 1. The van der Waals surface area contributed by atoms with Gasteiger partial charge in [0, 0.05) is 12.2 Å². The van der Waals surface area contributed by atoms with E-state index in [1.165, 1.54) is 0 Å². The molecule has 1 aromatic heterocycles. The Kier molecular flexibility index (Phi) is 5.54. The summed E-state index contributed by atoms with van der Waals surface area (Å²) in [5, 5.41) is 3.56. The third-order valence-electron chi connectivity index (χ3n) is 4.64. The quantitative estimate of drug-likeness (QED) is 0.722. The van der Waals surface area contributed by atoms with Crippen molar-refractivity contribution in [3.8, 4) is 0 Å². The second-order valence-electron chi connectivity index (χ2n) is 6.44. The van der Waals surface area contributed by atoms with Gasteiger partial charge in [-0.15, -0.1) is 0 Å². The fraction of sp³-hybridized carbons (Fsp3) is 0.286. The van der Waals surface area contributed by atoms with Crippen LogP contribution in [0.4, 0.5) is 10.5 Å². The van der Waals surface area contributed by atoms with Crippen LogP contribution in [0.15, 0.2) is 47.3 Å². The Bertz CT molecular complexity index is 1030. The van der Waals surface area contributed by atoms with Crippen molar-refractivity contribution < 1.29 is 4.79 Å². The fourth-order valence-electron chi connectivity index (χ4n) is 3.11. The lowest BCUT2D eigenvalue weighted by Gasteiger charge is -2.22. The van der Waals surface area contributed by atoms with Crippen molar-refractivity contribution in [3.05, 3.63) is 69.8 Å². The lowest BCUT2D eigenvalue weighted by atomic mass is 10.1. The average Bonchev–Trinajstić information content (AvgIpc) is 2.67. The van der Waals surface area contributed by atoms with Gasteiger partial charge in [0.1, 0.15) is 5.82 Å². The van der Waals surface area contributed by atoms with Gasteiger partial charge < -0.3 is 15.2 Å². The van der Waals surface area contributed by atoms with Crippen LogP contribution < -0.4 is 10.9 Å². The first-order valence-corrected chi connectivity index (χ1v) is 9.15. The molecule has 0 aliphatic heterocycles. The van der Waals surface area contributed by atoms with E-state index in [9.17, 15) is 9.59 Å². The van der Waals surface area contributed by atoms with E-state index in [1.54, 1.807) is 23.1 Å². The van der Waals surface area contributed by atoms with E-state index in [-0.39, 0.29) is 18.1 Å². The number of fused-ring (bicyclic) bond motifs is 1. The molecule has 6 heteroatoms. The topological polar surface area (TPSA) is 78.1 Å². The first-order chi connectivity index (χ1) is 13.0. The first-order valence-electron chi connectivity index (χ1n) is 9.15. The molecule has 0 atom stereocenters. The summed E-state index contributed by atoms with van der Waals surface area (Å²) < 4.78 is 0. The van der Waals surface area contributed by atoms with Crippen LogP contribution in [0.2, 0.25) is 0 Å². The van der Waals surface area contributed by atoms with Crippen molar-refractivity contribution >= 4 is 22.6 Å². The number of anilines is 1. The summed E-state index contributed by atoms with van der Waals surface area (Å²) in [6.45, 7) is 6.67. The molecular weight excluding hydrogens is 340 g/mol. The zero-order chi connectivity index (χ0) is 19.4. The van der Waals surface area contributed by atoms with E-state index in [4.69, 9.17) is 0 Å². The standard InChI is InChI=1S/C21H24N4O2/c1-4-15-10-8-9-14(3)19(15)24-21(27)25(5-2)13-18-22-17-12-7-6-11-16(17)20(26)23-18/h6-12H,4-5,13H2,1-3H3,(H,24,27)(H,22,23,26). The third-order valence-corrected chi connectivity index (χ3v) is 4.64. The van der Waals surface area contributed by atoms with Crippen molar-refractivity contribution in [1.29, 1.82) is 0 Å². The number of carbonyl (C=O) groups is 1. The molecule has 0 aliphatic rings. The van der Waals surface area contributed by atoms with Gasteiger partial charge in [0.25, 0.3) is 5.56 Å². The molecule has 140 valence electrons. The number of urea groups is 1. The van der Waals surface area contributed by atoms with Gasteiger partial charge in [-0.3, -0.25) is 4.79 Å². The number of hydrogen-bond acceptors (Lipinski definition) is 3. The number of aryl methyl sites for hydroxylation is 2. The Balaban J connectivity index is 1.84. The summed E-state index contributed by atoms with van der Waals surface area (Å²) in [6, 6.07) is 13.0. The van der Waals surface area contributed by atoms with E-state index >= 15 is 0 Å². The molecule has 0 unspecified atom stereocenters. The smallest absolute Gasteiger partial charge is 0.317 e. The van der Waals surface area contributed by atoms with E-state index in [0.29, 0.717) is 23.3 Å². The maximum atomic E-state index is 12.8. The van der Waals surface area contributed by atoms with Gasteiger partial charge in [0.05, 0.1) is 17.4 Å². The highest BCUT2D eigenvalue weighted by molar-refractivity contribution is 5.91. The maximum absolute atomic E-state index is 12.8. The number of H-pyrrole nitrogens is 1. The lowest BCUT2D eigenvalue weighted by Crippen LogP contribution is -2.35. The SMILES string of the molecule is CCc1cccc(C)c1NC(=O)N(CC)Cc1nc2ccccc2c(=O)[nH]1.